The zero-order chi connectivity index (χ0) is 22.0. The van der Waals surface area contributed by atoms with Crippen molar-refractivity contribution in [3.8, 4) is 0 Å². The number of likely N-dealkylation sites (tertiary alicyclic amines) is 1. The fourth-order valence-electron chi connectivity index (χ4n) is 4.59. The van der Waals surface area contributed by atoms with E-state index in [0.717, 1.165) is 12.8 Å². The van der Waals surface area contributed by atoms with Gasteiger partial charge in [-0.1, -0.05) is 36.4 Å². The smallest absolute Gasteiger partial charge is 0.253 e. The molecule has 2 aliphatic rings. The van der Waals surface area contributed by atoms with Gasteiger partial charge in [-0.2, -0.15) is 4.31 Å². The van der Waals surface area contributed by atoms with Gasteiger partial charge < -0.3 is 9.64 Å². The quantitative estimate of drug-likeness (QED) is 0.727. The van der Waals surface area contributed by atoms with Gasteiger partial charge in [-0.25, -0.2) is 8.42 Å². The number of hydrogen-bond acceptors (Lipinski definition) is 4. The number of ether oxygens (including phenoxy) is 1. The maximum absolute atomic E-state index is 13.2. The summed E-state index contributed by atoms with van der Waals surface area (Å²) in [6.07, 6.45) is 1.51. The van der Waals surface area contributed by atoms with Crippen LogP contribution in [0.3, 0.4) is 0 Å². The Morgan fingerprint density at radius 2 is 1.58 bits per heavy atom. The maximum atomic E-state index is 13.2. The SMILES string of the molecule is CC1CN(S(=O)(=O)c2cccc(C(=O)N3CCC(c4ccccc4)CC3)c2)CC(C)O1. The number of morpholine rings is 1. The first-order valence-electron chi connectivity index (χ1n) is 10.9. The molecule has 0 spiro atoms. The number of sulfonamides is 1. The van der Waals surface area contributed by atoms with Crippen LogP contribution < -0.4 is 0 Å². The summed E-state index contributed by atoms with van der Waals surface area (Å²) in [7, 11) is -3.68. The highest BCUT2D eigenvalue weighted by atomic mass is 32.2. The van der Waals surface area contributed by atoms with Crippen LogP contribution in [0.5, 0.6) is 0 Å². The van der Waals surface area contributed by atoms with E-state index in [0.29, 0.717) is 37.7 Å². The molecule has 2 aromatic carbocycles. The molecule has 0 radical (unpaired) electrons. The van der Waals surface area contributed by atoms with Crippen molar-refractivity contribution in [3.05, 3.63) is 65.7 Å². The minimum absolute atomic E-state index is 0.104. The molecule has 7 heteroatoms. The van der Waals surface area contributed by atoms with E-state index in [4.69, 9.17) is 4.74 Å². The van der Waals surface area contributed by atoms with Crippen LogP contribution in [-0.4, -0.2) is 61.9 Å². The zero-order valence-corrected chi connectivity index (χ0v) is 18.9. The van der Waals surface area contributed by atoms with Crippen LogP contribution in [0.15, 0.2) is 59.5 Å². The molecule has 0 aliphatic carbocycles. The van der Waals surface area contributed by atoms with Crippen molar-refractivity contribution in [2.45, 2.75) is 49.7 Å². The number of amides is 1. The van der Waals surface area contributed by atoms with Crippen LogP contribution in [0, 0.1) is 0 Å². The highest BCUT2D eigenvalue weighted by Gasteiger charge is 2.33. The molecule has 6 nitrogen and oxygen atoms in total. The Balaban J connectivity index is 1.46. The summed E-state index contributed by atoms with van der Waals surface area (Å²) in [4.78, 5) is 15.1. The number of hydrogen-bond donors (Lipinski definition) is 0. The molecule has 2 unspecified atom stereocenters. The monoisotopic (exact) mass is 442 g/mol. The van der Waals surface area contributed by atoms with Crippen LogP contribution in [0.2, 0.25) is 0 Å². The first-order chi connectivity index (χ1) is 14.8. The van der Waals surface area contributed by atoms with Gasteiger partial charge in [0, 0.05) is 31.7 Å². The Labute approximate surface area is 184 Å². The largest absolute Gasteiger partial charge is 0.373 e. The lowest BCUT2D eigenvalue weighted by Crippen LogP contribution is -2.48. The van der Waals surface area contributed by atoms with E-state index in [9.17, 15) is 13.2 Å². The van der Waals surface area contributed by atoms with Gasteiger partial charge in [0.15, 0.2) is 0 Å². The van der Waals surface area contributed by atoms with Gasteiger partial charge in [0.05, 0.1) is 17.1 Å². The molecule has 0 bridgehead atoms. The minimum atomic E-state index is -3.68. The molecular weight excluding hydrogens is 412 g/mol. The number of rotatable bonds is 4. The van der Waals surface area contributed by atoms with Gasteiger partial charge in [0.2, 0.25) is 10.0 Å². The van der Waals surface area contributed by atoms with Gasteiger partial charge in [0.1, 0.15) is 0 Å². The molecule has 2 heterocycles. The Kier molecular flexibility index (Phi) is 6.46. The summed E-state index contributed by atoms with van der Waals surface area (Å²) in [5.41, 5.74) is 1.74. The molecule has 0 N–H and O–H groups in total. The van der Waals surface area contributed by atoms with E-state index >= 15 is 0 Å². The summed E-state index contributed by atoms with van der Waals surface area (Å²) < 4.78 is 33.5. The van der Waals surface area contributed by atoms with Crippen molar-refractivity contribution in [1.82, 2.24) is 9.21 Å². The average Bonchev–Trinajstić information content (AvgIpc) is 2.79. The highest BCUT2D eigenvalue weighted by molar-refractivity contribution is 7.89. The summed E-state index contributed by atoms with van der Waals surface area (Å²) in [6.45, 7) is 5.73. The third-order valence-corrected chi connectivity index (χ3v) is 7.99. The van der Waals surface area contributed by atoms with Gasteiger partial charge in [-0.15, -0.1) is 0 Å². The molecule has 2 aliphatic heterocycles. The molecule has 2 saturated heterocycles. The molecule has 2 fully saturated rings. The second-order valence-electron chi connectivity index (χ2n) is 8.58. The number of carbonyl (C=O) groups excluding carboxylic acids is 1. The zero-order valence-electron chi connectivity index (χ0n) is 18.1. The first kappa shape index (κ1) is 22.0. The van der Waals surface area contributed by atoms with Crippen molar-refractivity contribution >= 4 is 15.9 Å². The number of piperidine rings is 1. The number of nitrogens with zero attached hydrogens (tertiary/aromatic N) is 2. The average molecular weight is 443 g/mol. The fourth-order valence-corrected chi connectivity index (χ4v) is 6.23. The Hall–Kier alpha value is -2.22. The Morgan fingerprint density at radius 3 is 2.23 bits per heavy atom. The van der Waals surface area contributed by atoms with Gasteiger partial charge in [-0.3, -0.25) is 4.79 Å². The van der Waals surface area contributed by atoms with Crippen molar-refractivity contribution in [2.24, 2.45) is 0 Å². The molecule has 4 rings (SSSR count). The lowest BCUT2D eigenvalue weighted by molar-refractivity contribution is -0.0440. The first-order valence-corrected chi connectivity index (χ1v) is 12.4. The minimum Gasteiger partial charge on any atom is -0.373 e. The van der Waals surface area contributed by atoms with Crippen molar-refractivity contribution in [1.29, 1.82) is 0 Å². The second kappa shape index (κ2) is 9.10. The van der Waals surface area contributed by atoms with Crippen LogP contribution >= 0.6 is 0 Å². The third kappa shape index (κ3) is 4.84. The predicted octanol–water partition coefficient (Wildman–Crippen LogP) is 3.50. The van der Waals surface area contributed by atoms with E-state index in [-0.39, 0.29) is 23.0 Å². The molecule has 31 heavy (non-hydrogen) atoms. The van der Waals surface area contributed by atoms with E-state index in [1.807, 2.05) is 24.8 Å². The molecule has 166 valence electrons. The molecule has 0 saturated carbocycles. The Bertz CT molecular complexity index is 1010. The van der Waals surface area contributed by atoms with Crippen LogP contribution in [0.25, 0.3) is 0 Å². The summed E-state index contributed by atoms with van der Waals surface area (Å²) in [5, 5.41) is 0. The lowest BCUT2D eigenvalue weighted by atomic mass is 9.89. The number of carbonyl (C=O) groups is 1. The van der Waals surface area contributed by atoms with Crippen LogP contribution in [0.1, 0.15) is 48.5 Å². The molecular formula is C24H30N2O4S. The van der Waals surface area contributed by atoms with E-state index < -0.39 is 10.0 Å². The van der Waals surface area contributed by atoms with Crippen molar-refractivity contribution < 1.29 is 17.9 Å². The molecule has 1 amide bonds. The van der Waals surface area contributed by atoms with Gasteiger partial charge >= 0.3 is 0 Å². The molecule has 2 aromatic rings. The fraction of sp³-hybridized carbons (Fsp3) is 0.458. The maximum Gasteiger partial charge on any atom is 0.253 e. The van der Waals surface area contributed by atoms with Gasteiger partial charge in [-0.05, 0) is 56.4 Å². The van der Waals surface area contributed by atoms with E-state index in [1.54, 1.807) is 18.2 Å². The molecule has 2 atom stereocenters. The van der Waals surface area contributed by atoms with Gasteiger partial charge in [0.25, 0.3) is 5.91 Å². The van der Waals surface area contributed by atoms with E-state index in [2.05, 4.69) is 24.3 Å². The lowest BCUT2D eigenvalue weighted by Gasteiger charge is -2.34. The predicted molar refractivity (Wildman–Crippen MR) is 120 cm³/mol. The third-order valence-electron chi connectivity index (χ3n) is 6.16. The Morgan fingerprint density at radius 1 is 0.935 bits per heavy atom. The number of benzene rings is 2. The second-order valence-corrected chi connectivity index (χ2v) is 10.5. The van der Waals surface area contributed by atoms with E-state index in [1.165, 1.54) is 15.9 Å². The standard InChI is InChI=1S/C24H30N2O4S/c1-18-16-26(17-19(2)30-18)31(28,29)23-10-6-9-22(15-23)24(27)25-13-11-21(12-14-25)20-7-4-3-5-8-20/h3-10,15,18-19,21H,11-14,16-17H2,1-2H3. The molecule has 0 aromatic heterocycles. The highest BCUT2D eigenvalue weighted by Crippen LogP contribution is 2.29. The van der Waals surface area contributed by atoms with Crippen molar-refractivity contribution in [3.63, 3.8) is 0 Å². The van der Waals surface area contributed by atoms with Crippen molar-refractivity contribution in [2.75, 3.05) is 26.2 Å². The van der Waals surface area contributed by atoms with Crippen LogP contribution in [0.4, 0.5) is 0 Å². The topological polar surface area (TPSA) is 66.9 Å². The summed E-state index contributed by atoms with van der Waals surface area (Å²) >= 11 is 0. The summed E-state index contributed by atoms with van der Waals surface area (Å²) in [6, 6.07) is 16.8. The normalized spacial score (nSPS) is 23.6. The summed E-state index contributed by atoms with van der Waals surface area (Å²) in [5.74, 6) is 0.356. The van der Waals surface area contributed by atoms with Crippen LogP contribution in [-0.2, 0) is 14.8 Å².